The van der Waals surface area contributed by atoms with E-state index in [0.717, 1.165) is 27.9 Å². The van der Waals surface area contributed by atoms with E-state index in [-0.39, 0.29) is 5.69 Å². The van der Waals surface area contributed by atoms with E-state index in [4.69, 9.17) is 0 Å². The van der Waals surface area contributed by atoms with E-state index in [1.54, 1.807) is 0 Å². The van der Waals surface area contributed by atoms with Crippen LogP contribution in [0.1, 0.15) is 16.8 Å². The van der Waals surface area contributed by atoms with Crippen LogP contribution >= 0.6 is 0 Å². The van der Waals surface area contributed by atoms with E-state index in [1.165, 1.54) is 5.39 Å². The maximum absolute atomic E-state index is 12.4. The fourth-order valence-electron chi connectivity index (χ4n) is 3.92. The number of aryl methyl sites for hydroxylation is 2. The van der Waals surface area contributed by atoms with Gasteiger partial charge in [-0.05, 0) is 54.6 Å². The fourth-order valence-corrected chi connectivity index (χ4v) is 3.92. The first-order chi connectivity index (χ1) is 15.0. The van der Waals surface area contributed by atoms with E-state index < -0.39 is 11.2 Å². The Balaban J connectivity index is 1.47. The maximum Gasteiger partial charge on any atom is 0.349 e. The molecule has 1 aromatic heterocycles. The van der Waals surface area contributed by atoms with Crippen molar-refractivity contribution < 1.29 is 0 Å². The molecule has 0 amide bonds. The Morgan fingerprint density at radius 3 is 2.65 bits per heavy atom. The molecule has 31 heavy (non-hydrogen) atoms. The van der Waals surface area contributed by atoms with Crippen molar-refractivity contribution >= 4 is 21.9 Å². The highest BCUT2D eigenvalue weighted by Gasteiger charge is 2.19. The zero-order valence-corrected chi connectivity index (χ0v) is 17.3. The first kappa shape index (κ1) is 19.2. The summed E-state index contributed by atoms with van der Waals surface area (Å²) in [6.45, 7) is 5.88. The van der Waals surface area contributed by atoms with E-state index in [0.29, 0.717) is 31.0 Å². The topological polar surface area (TPSA) is 108 Å². The zero-order valence-electron chi connectivity index (χ0n) is 17.3. The van der Waals surface area contributed by atoms with Crippen molar-refractivity contribution in [3.8, 4) is 11.5 Å². The molecule has 0 radical (unpaired) electrons. The minimum atomic E-state index is -0.665. The van der Waals surface area contributed by atoms with Crippen LogP contribution in [0.15, 0.2) is 52.1 Å². The van der Waals surface area contributed by atoms with E-state index in [2.05, 4.69) is 43.5 Å². The average molecular weight is 414 g/mol. The van der Waals surface area contributed by atoms with Crippen molar-refractivity contribution in [2.24, 2.45) is 0 Å². The van der Waals surface area contributed by atoms with Crippen molar-refractivity contribution in [3.63, 3.8) is 0 Å². The number of aromatic amines is 2. The van der Waals surface area contributed by atoms with Crippen molar-refractivity contribution in [1.82, 2.24) is 29.8 Å². The van der Waals surface area contributed by atoms with Crippen LogP contribution in [0.2, 0.25) is 0 Å². The number of nitrogens with zero attached hydrogens (tertiary/aromatic N) is 3. The molecule has 8 heteroatoms. The quantitative estimate of drug-likeness (QED) is 0.302. The van der Waals surface area contributed by atoms with Gasteiger partial charge in [0, 0.05) is 30.8 Å². The first-order valence-electron chi connectivity index (χ1n) is 10.2. The third-order valence-corrected chi connectivity index (χ3v) is 5.64. The van der Waals surface area contributed by atoms with Crippen LogP contribution in [0.3, 0.4) is 0 Å². The number of hydrogen-bond acceptors (Lipinski definition) is 5. The average Bonchev–Trinajstić information content (AvgIpc) is 3.15. The molecule has 3 N–H and O–H groups in total. The summed E-state index contributed by atoms with van der Waals surface area (Å²) in [5, 5.41) is 4.61. The molecule has 0 aliphatic carbocycles. The molecule has 2 aliphatic rings. The van der Waals surface area contributed by atoms with Crippen LogP contribution in [0, 0.1) is 13.8 Å². The van der Waals surface area contributed by atoms with Crippen LogP contribution in [0.5, 0.6) is 0 Å². The molecular weight excluding hydrogens is 392 g/mol. The molecule has 0 saturated heterocycles. The minimum absolute atomic E-state index is 0.172. The lowest BCUT2D eigenvalue weighted by atomic mass is 10.1. The summed E-state index contributed by atoms with van der Waals surface area (Å²) in [6, 6.07) is 14.3. The van der Waals surface area contributed by atoms with Gasteiger partial charge in [0.15, 0.2) is 11.5 Å². The highest BCUT2D eigenvalue weighted by atomic mass is 16.2. The summed E-state index contributed by atoms with van der Waals surface area (Å²) in [5.74, 6) is 0.303. The van der Waals surface area contributed by atoms with Gasteiger partial charge >= 0.3 is 5.69 Å². The van der Waals surface area contributed by atoms with Gasteiger partial charge in [-0.3, -0.25) is 9.78 Å². The lowest BCUT2D eigenvalue weighted by Gasteiger charge is -2.18. The van der Waals surface area contributed by atoms with Gasteiger partial charge in [-0.15, -0.1) is 0 Å². The number of benzene rings is 2. The van der Waals surface area contributed by atoms with E-state index in [1.807, 2.05) is 42.7 Å². The summed E-state index contributed by atoms with van der Waals surface area (Å²) < 4.78 is 1.90. The molecule has 0 bridgehead atoms. The van der Waals surface area contributed by atoms with Gasteiger partial charge in [0.25, 0.3) is 5.56 Å². The number of H-pyrrole nitrogens is 2. The van der Waals surface area contributed by atoms with Crippen molar-refractivity contribution in [1.29, 1.82) is 0 Å². The van der Waals surface area contributed by atoms with E-state index in [9.17, 15) is 9.59 Å². The second-order valence-corrected chi connectivity index (χ2v) is 7.79. The fraction of sp³-hybridized carbons (Fsp3) is 0.217. The highest BCUT2D eigenvalue weighted by molar-refractivity contribution is 5.81. The molecule has 3 heterocycles. The molecule has 0 atom stereocenters. The van der Waals surface area contributed by atoms with Crippen LogP contribution in [0.25, 0.3) is 33.5 Å². The number of fused-ring (bicyclic) bond motifs is 3. The van der Waals surface area contributed by atoms with Crippen LogP contribution in [0.4, 0.5) is 0 Å². The maximum atomic E-state index is 12.4. The van der Waals surface area contributed by atoms with Crippen molar-refractivity contribution in [2.45, 2.75) is 26.9 Å². The third kappa shape index (κ3) is 3.51. The van der Waals surface area contributed by atoms with Crippen LogP contribution in [-0.4, -0.2) is 31.0 Å². The molecule has 0 saturated carbocycles. The van der Waals surface area contributed by atoms with Crippen molar-refractivity contribution in [2.75, 3.05) is 6.54 Å². The second kappa shape index (κ2) is 7.48. The summed E-state index contributed by atoms with van der Waals surface area (Å²) in [7, 11) is 0. The lowest BCUT2D eigenvalue weighted by molar-refractivity contribution is 0.599. The molecule has 2 aliphatic heterocycles. The minimum Gasteiger partial charge on any atom is -0.357 e. The van der Waals surface area contributed by atoms with Gasteiger partial charge in [-0.2, -0.15) is 4.98 Å². The van der Waals surface area contributed by atoms with Gasteiger partial charge in [-0.1, -0.05) is 18.2 Å². The predicted octanol–water partition coefficient (Wildman–Crippen LogP) is 2.47. The van der Waals surface area contributed by atoms with Crippen LogP contribution < -0.4 is 16.6 Å². The van der Waals surface area contributed by atoms with Gasteiger partial charge < -0.3 is 14.9 Å². The first-order valence-corrected chi connectivity index (χ1v) is 10.2. The molecule has 0 spiro atoms. The number of para-hydroxylation sites is 1. The third-order valence-electron chi connectivity index (χ3n) is 5.64. The summed E-state index contributed by atoms with van der Waals surface area (Å²) >= 11 is 0. The summed E-state index contributed by atoms with van der Waals surface area (Å²) in [5.41, 5.74) is 4.95. The predicted molar refractivity (Wildman–Crippen MR) is 121 cm³/mol. The van der Waals surface area contributed by atoms with Gasteiger partial charge in [-0.25, -0.2) is 9.78 Å². The number of rotatable bonds is 5. The normalized spacial score (nSPS) is 11.7. The number of nitrogens with one attached hydrogen (secondary N) is 3. The molecule has 5 rings (SSSR count). The Labute approximate surface area is 177 Å². The SMILES string of the molecule is Cc1cc2nc3c(=O)[nH]c(=O)nc-3n(CCNCc3cc4ccccc4[nH]3)c2cc1C. The molecule has 3 aromatic rings. The number of hydrogen-bond donors (Lipinski definition) is 3. The Morgan fingerprint density at radius 2 is 1.81 bits per heavy atom. The standard InChI is InChI=1S/C23H22N6O2/c1-13-9-18-19(10-14(13)2)29(21-20(26-18)22(30)28-23(31)27-21)8-7-24-12-16-11-15-5-3-4-6-17(15)25-16/h3-6,9-11,24-25H,7-8,12H2,1-2H3,(H,28,30,31). The Bertz CT molecular complexity index is 1480. The molecule has 0 fully saturated rings. The van der Waals surface area contributed by atoms with Crippen LogP contribution in [-0.2, 0) is 13.1 Å². The number of aromatic nitrogens is 5. The summed E-state index contributed by atoms with van der Waals surface area (Å²) in [6.07, 6.45) is 0. The smallest absolute Gasteiger partial charge is 0.349 e. The zero-order chi connectivity index (χ0) is 21.5. The molecule has 0 unspecified atom stereocenters. The monoisotopic (exact) mass is 414 g/mol. The van der Waals surface area contributed by atoms with Gasteiger partial charge in [0.2, 0.25) is 0 Å². The van der Waals surface area contributed by atoms with Gasteiger partial charge in [0.1, 0.15) is 0 Å². The van der Waals surface area contributed by atoms with Crippen molar-refractivity contribution in [3.05, 3.63) is 80.1 Å². The lowest BCUT2D eigenvalue weighted by Crippen LogP contribution is -2.30. The Kier molecular flexibility index (Phi) is 4.63. The van der Waals surface area contributed by atoms with E-state index >= 15 is 0 Å². The van der Waals surface area contributed by atoms with Gasteiger partial charge in [0.05, 0.1) is 11.0 Å². The Morgan fingerprint density at radius 1 is 1.00 bits per heavy atom. The second-order valence-electron chi connectivity index (χ2n) is 7.79. The molecule has 156 valence electrons. The summed E-state index contributed by atoms with van der Waals surface area (Å²) in [4.78, 5) is 38.4. The Hall–Kier alpha value is -3.78. The molecule has 2 aromatic carbocycles. The molecular formula is C23H22N6O2. The largest absolute Gasteiger partial charge is 0.357 e. The molecule has 8 nitrogen and oxygen atoms in total. The highest BCUT2D eigenvalue weighted by Crippen LogP contribution is 2.23.